The van der Waals surface area contributed by atoms with Gasteiger partial charge in [-0.2, -0.15) is 13.2 Å². The van der Waals surface area contributed by atoms with Gasteiger partial charge in [-0.15, -0.1) is 12.4 Å². The van der Waals surface area contributed by atoms with Crippen LogP contribution in [0.5, 0.6) is 0 Å². The van der Waals surface area contributed by atoms with Gasteiger partial charge in [0.2, 0.25) is 5.91 Å². The first-order chi connectivity index (χ1) is 9.95. The summed E-state index contributed by atoms with van der Waals surface area (Å²) < 4.78 is 37.8. The van der Waals surface area contributed by atoms with Crippen molar-refractivity contribution in [3.8, 4) is 0 Å². The zero-order valence-electron chi connectivity index (χ0n) is 12.1. The van der Waals surface area contributed by atoms with Crippen LogP contribution in [0.2, 0.25) is 0 Å². The van der Waals surface area contributed by atoms with Gasteiger partial charge in [0.25, 0.3) is 0 Å². The van der Waals surface area contributed by atoms with E-state index in [1.54, 1.807) is 0 Å². The topological polar surface area (TPSA) is 41.1 Å². The lowest BCUT2D eigenvalue weighted by atomic mass is 9.99. The van der Waals surface area contributed by atoms with Gasteiger partial charge in [0.15, 0.2) is 0 Å². The van der Waals surface area contributed by atoms with Crippen molar-refractivity contribution in [1.29, 1.82) is 0 Å². The normalized spacial score (nSPS) is 18.4. The lowest BCUT2D eigenvalue weighted by Gasteiger charge is -2.22. The van der Waals surface area contributed by atoms with Gasteiger partial charge in [0.1, 0.15) is 0 Å². The molecule has 1 amide bonds. The standard InChI is InChI=1S/C15H19F3N2O.ClH/c16-15(17,18)13-5-1-3-11(7-13)8-14(21)20-10-12-4-2-6-19-9-12;/h1,3,5,7,12,19H,2,4,6,8-10H2,(H,20,21);1H. The van der Waals surface area contributed by atoms with Gasteiger partial charge in [0, 0.05) is 6.54 Å². The van der Waals surface area contributed by atoms with Crippen LogP contribution in [0.25, 0.3) is 0 Å². The molecule has 1 aliphatic heterocycles. The molecule has 1 saturated heterocycles. The van der Waals surface area contributed by atoms with E-state index < -0.39 is 11.7 Å². The fourth-order valence-electron chi connectivity index (χ4n) is 2.46. The van der Waals surface area contributed by atoms with Gasteiger partial charge in [-0.25, -0.2) is 0 Å². The maximum Gasteiger partial charge on any atom is 0.416 e. The second-order valence-corrected chi connectivity index (χ2v) is 5.39. The Kier molecular flexibility index (Phi) is 7.16. The first kappa shape index (κ1) is 18.8. The van der Waals surface area contributed by atoms with Crippen LogP contribution in [0.3, 0.4) is 0 Å². The van der Waals surface area contributed by atoms with Crippen LogP contribution in [-0.4, -0.2) is 25.5 Å². The average molecular weight is 337 g/mol. The van der Waals surface area contributed by atoms with E-state index in [0.29, 0.717) is 18.0 Å². The molecule has 1 aliphatic rings. The minimum atomic E-state index is -4.37. The second kappa shape index (κ2) is 8.39. The maximum absolute atomic E-state index is 12.6. The summed E-state index contributed by atoms with van der Waals surface area (Å²) in [5, 5.41) is 6.05. The van der Waals surface area contributed by atoms with Crippen LogP contribution in [0.15, 0.2) is 24.3 Å². The number of nitrogens with one attached hydrogen (secondary N) is 2. The molecule has 124 valence electrons. The first-order valence-electron chi connectivity index (χ1n) is 7.08. The van der Waals surface area contributed by atoms with Crippen molar-refractivity contribution in [3.63, 3.8) is 0 Å². The van der Waals surface area contributed by atoms with Crippen molar-refractivity contribution in [2.24, 2.45) is 5.92 Å². The van der Waals surface area contributed by atoms with E-state index in [9.17, 15) is 18.0 Å². The molecule has 1 unspecified atom stereocenters. The summed E-state index contributed by atoms with van der Waals surface area (Å²) in [6.07, 6.45) is -2.24. The summed E-state index contributed by atoms with van der Waals surface area (Å²) in [6.45, 7) is 2.46. The molecule has 2 N–H and O–H groups in total. The molecule has 1 aromatic carbocycles. The van der Waals surface area contributed by atoms with Crippen molar-refractivity contribution in [2.45, 2.75) is 25.4 Å². The van der Waals surface area contributed by atoms with E-state index in [1.807, 2.05) is 0 Å². The Morgan fingerprint density at radius 2 is 2.14 bits per heavy atom. The number of carbonyl (C=O) groups excluding carboxylic acids is 1. The van der Waals surface area contributed by atoms with Crippen LogP contribution < -0.4 is 10.6 Å². The monoisotopic (exact) mass is 336 g/mol. The largest absolute Gasteiger partial charge is 0.416 e. The fraction of sp³-hybridized carbons (Fsp3) is 0.533. The number of halogens is 4. The van der Waals surface area contributed by atoms with Crippen LogP contribution in [0.1, 0.15) is 24.0 Å². The summed E-state index contributed by atoms with van der Waals surface area (Å²) in [5.74, 6) is 0.170. The Balaban J connectivity index is 0.00000242. The highest BCUT2D eigenvalue weighted by atomic mass is 35.5. The van der Waals surface area contributed by atoms with Gasteiger partial charge >= 0.3 is 6.18 Å². The molecule has 1 aromatic rings. The Morgan fingerprint density at radius 3 is 2.77 bits per heavy atom. The number of hydrogen-bond donors (Lipinski definition) is 2. The average Bonchev–Trinajstić information content (AvgIpc) is 2.46. The summed E-state index contributed by atoms with van der Waals surface area (Å²) in [6, 6.07) is 4.91. The van der Waals surface area contributed by atoms with E-state index >= 15 is 0 Å². The SMILES string of the molecule is Cl.O=C(Cc1cccc(C(F)(F)F)c1)NCC1CCCNC1. The molecular formula is C15H20ClF3N2O. The summed E-state index contributed by atoms with van der Waals surface area (Å²) in [7, 11) is 0. The molecule has 0 aliphatic carbocycles. The molecule has 1 atom stereocenters. The number of hydrogen-bond acceptors (Lipinski definition) is 2. The minimum absolute atomic E-state index is 0. The minimum Gasteiger partial charge on any atom is -0.355 e. The molecule has 0 saturated carbocycles. The molecule has 1 fully saturated rings. The Labute approximate surface area is 134 Å². The lowest BCUT2D eigenvalue weighted by molar-refractivity contribution is -0.137. The fourth-order valence-corrected chi connectivity index (χ4v) is 2.46. The van der Waals surface area contributed by atoms with Gasteiger partial charge in [0.05, 0.1) is 12.0 Å². The van der Waals surface area contributed by atoms with Crippen molar-refractivity contribution in [3.05, 3.63) is 35.4 Å². The summed E-state index contributed by atoms with van der Waals surface area (Å²) in [5.41, 5.74) is -0.339. The van der Waals surface area contributed by atoms with Crippen LogP contribution in [0.4, 0.5) is 13.2 Å². The number of benzene rings is 1. The van der Waals surface area contributed by atoms with Gasteiger partial charge in [-0.3, -0.25) is 4.79 Å². The zero-order chi connectivity index (χ0) is 15.3. The lowest BCUT2D eigenvalue weighted by Crippen LogP contribution is -2.38. The van der Waals surface area contributed by atoms with E-state index in [0.717, 1.165) is 38.1 Å². The molecule has 2 rings (SSSR count). The van der Waals surface area contributed by atoms with E-state index in [2.05, 4.69) is 10.6 Å². The van der Waals surface area contributed by atoms with Gasteiger partial charge in [-0.1, -0.05) is 18.2 Å². The molecule has 22 heavy (non-hydrogen) atoms. The van der Waals surface area contributed by atoms with E-state index in [1.165, 1.54) is 12.1 Å². The highest BCUT2D eigenvalue weighted by Crippen LogP contribution is 2.29. The molecule has 1 heterocycles. The van der Waals surface area contributed by atoms with Crippen LogP contribution in [0, 0.1) is 5.92 Å². The van der Waals surface area contributed by atoms with Crippen molar-refractivity contribution < 1.29 is 18.0 Å². The van der Waals surface area contributed by atoms with E-state index in [-0.39, 0.29) is 24.7 Å². The zero-order valence-corrected chi connectivity index (χ0v) is 12.9. The van der Waals surface area contributed by atoms with Crippen LogP contribution in [-0.2, 0) is 17.4 Å². The van der Waals surface area contributed by atoms with Crippen molar-refractivity contribution in [1.82, 2.24) is 10.6 Å². The number of piperidine rings is 1. The second-order valence-electron chi connectivity index (χ2n) is 5.39. The first-order valence-corrected chi connectivity index (χ1v) is 7.08. The Morgan fingerprint density at radius 1 is 1.36 bits per heavy atom. The molecule has 0 bridgehead atoms. The molecule has 0 aromatic heterocycles. The highest BCUT2D eigenvalue weighted by molar-refractivity contribution is 5.85. The number of alkyl halides is 3. The Bertz CT molecular complexity index is 488. The smallest absolute Gasteiger partial charge is 0.355 e. The molecular weight excluding hydrogens is 317 g/mol. The van der Waals surface area contributed by atoms with Gasteiger partial charge in [-0.05, 0) is 43.5 Å². The summed E-state index contributed by atoms with van der Waals surface area (Å²) >= 11 is 0. The number of rotatable bonds is 4. The van der Waals surface area contributed by atoms with E-state index in [4.69, 9.17) is 0 Å². The predicted molar refractivity (Wildman–Crippen MR) is 81.0 cm³/mol. The number of amides is 1. The quantitative estimate of drug-likeness (QED) is 0.887. The van der Waals surface area contributed by atoms with Crippen LogP contribution >= 0.6 is 12.4 Å². The highest BCUT2D eigenvalue weighted by Gasteiger charge is 2.30. The Hall–Kier alpha value is -1.27. The maximum atomic E-state index is 12.6. The molecule has 3 nitrogen and oxygen atoms in total. The summed E-state index contributed by atoms with van der Waals surface area (Å²) in [4.78, 5) is 11.8. The molecule has 0 spiro atoms. The molecule has 7 heteroatoms. The third-order valence-corrected chi connectivity index (χ3v) is 3.61. The number of carbonyl (C=O) groups is 1. The van der Waals surface area contributed by atoms with Crippen molar-refractivity contribution >= 4 is 18.3 Å². The van der Waals surface area contributed by atoms with Crippen molar-refractivity contribution in [2.75, 3.05) is 19.6 Å². The molecule has 0 radical (unpaired) electrons. The predicted octanol–water partition coefficient (Wildman–Crippen LogP) is 2.79. The third kappa shape index (κ3) is 5.85. The third-order valence-electron chi connectivity index (χ3n) is 3.61. The van der Waals surface area contributed by atoms with Gasteiger partial charge < -0.3 is 10.6 Å².